The van der Waals surface area contributed by atoms with Gasteiger partial charge in [-0.1, -0.05) is 13.8 Å². The second-order valence-corrected chi connectivity index (χ2v) is 3.73. The zero-order valence-corrected chi connectivity index (χ0v) is 9.88. The summed E-state index contributed by atoms with van der Waals surface area (Å²) in [4.78, 5) is 0. The van der Waals surface area contributed by atoms with E-state index in [1.54, 1.807) is 6.26 Å². The molecule has 0 aliphatic carbocycles. The first-order valence-corrected chi connectivity index (χ1v) is 5.64. The number of ether oxygens (including phenoxy) is 1. The summed E-state index contributed by atoms with van der Waals surface area (Å²) in [6, 6.07) is 2.05. The van der Waals surface area contributed by atoms with Crippen molar-refractivity contribution in [3.05, 3.63) is 23.7 Å². The molecule has 0 aliphatic heterocycles. The molecule has 0 radical (unpaired) electrons. The van der Waals surface area contributed by atoms with E-state index in [1.807, 2.05) is 6.07 Å². The summed E-state index contributed by atoms with van der Waals surface area (Å²) in [7, 11) is 0. The van der Waals surface area contributed by atoms with Crippen LogP contribution in [-0.2, 0) is 17.9 Å². The molecule has 0 saturated heterocycles. The second kappa shape index (κ2) is 6.64. The topological polar surface area (TPSA) is 34.4 Å². The molecule has 1 N–H and O–H groups in total. The van der Waals surface area contributed by atoms with E-state index in [2.05, 4.69) is 26.1 Å². The average molecular weight is 211 g/mol. The van der Waals surface area contributed by atoms with Gasteiger partial charge in [-0.15, -0.1) is 0 Å². The maximum Gasteiger partial charge on any atom is 0.129 e. The van der Waals surface area contributed by atoms with E-state index in [-0.39, 0.29) is 0 Å². The zero-order valence-electron chi connectivity index (χ0n) is 9.88. The van der Waals surface area contributed by atoms with E-state index < -0.39 is 0 Å². The molecule has 1 unspecified atom stereocenters. The molecule has 86 valence electrons. The minimum Gasteiger partial charge on any atom is -0.467 e. The van der Waals surface area contributed by atoms with E-state index in [4.69, 9.17) is 9.15 Å². The summed E-state index contributed by atoms with van der Waals surface area (Å²) in [5.74, 6) is 0.906. The van der Waals surface area contributed by atoms with Gasteiger partial charge in [-0.3, -0.25) is 0 Å². The first-order valence-electron chi connectivity index (χ1n) is 5.64. The van der Waals surface area contributed by atoms with Crippen LogP contribution in [0.1, 0.15) is 38.5 Å². The Labute approximate surface area is 91.8 Å². The maximum atomic E-state index is 5.58. The molecule has 0 spiro atoms. The van der Waals surface area contributed by atoms with Crippen LogP contribution in [0, 0.1) is 0 Å². The minimum absolute atomic E-state index is 0.298. The van der Waals surface area contributed by atoms with Crippen molar-refractivity contribution in [2.75, 3.05) is 6.54 Å². The molecule has 15 heavy (non-hydrogen) atoms. The van der Waals surface area contributed by atoms with Crippen molar-refractivity contribution in [3.63, 3.8) is 0 Å². The van der Waals surface area contributed by atoms with Gasteiger partial charge in [0.15, 0.2) is 0 Å². The molecule has 1 heterocycles. The third-order valence-corrected chi connectivity index (χ3v) is 2.37. The normalized spacial score (nSPS) is 13.0. The van der Waals surface area contributed by atoms with Crippen molar-refractivity contribution in [1.29, 1.82) is 0 Å². The quantitative estimate of drug-likeness (QED) is 0.753. The highest BCUT2D eigenvalue weighted by Gasteiger charge is 2.04. The van der Waals surface area contributed by atoms with E-state index >= 15 is 0 Å². The lowest BCUT2D eigenvalue weighted by molar-refractivity contribution is 0.0406. The molecule has 1 atom stereocenters. The molecule has 1 aromatic rings. The molecule has 0 saturated carbocycles. The van der Waals surface area contributed by atoms with Gasteiger partial charge in [-0.2, -0.15) is 0 Å². The number of hydrogen-bond acceptors (Lipinski definition) is 3. The lowest BCUT2D eigenvalue weighted by atomic mass is 10.3. The van der Waals surface area contributed by atoms with Crippen LogP contribution in [0.3, 0.4) is 0 Å². The molecule has 1 aromatic heterocycles. The van der Waals surface area contributed by atoms with Crippen molar-refractivity contribution >= 4 is 0 Å². The van der Waals surface area contributed by atoms with Gasteiger partial charge in [-0.25, -0.2) is 0 Å². The first-order chi connectivity index (χ1) is 7.26. The third-order valence-electron chi connectivity index (χ3n) is 2.37. The highest BCUT2D eigenvalue weighted by Crippen LogP contribution is 2.10. The van der Waals surface area contributed by atoms with E-state index in [9.17, 15) is 0 Å². The standard InChI is InChI=1S/C12H21NO2/c1-4-10(3)14-9-12-6-11(8-15-12)7-13-5-2/h6,8,10,13H,4-5,7,9H2,1-3H3. The van der Waals surface area contributed by atoms with Crippen LogP contribution >= 0.6 is 0 Å². The van der Waals surface area contributed by atoms with E-state index in [0.717, 1.165) is 25.3 Å². The fraction of sp³-hybridized carbons (Fsp3) is 0.667. The predicted octanol–water partition coefficient (Wildman–Crippen LogP) is 2.70. The Balaban J connectivity index is 2.32. The Morgan fingerprint density at radius 2 is 2.27 bits per heavy atom. The Kier molecular flexibility index (Phi) is 5.43. The SMILES string of the molecule is CCNCc1coc(COC(C)CC)c1. The van der Waals surface area contributed by atoms with Gasteiger partial charge in [-0.05, 0) is 26.0 Å². The summed E-state index contributed by atoms with van der Waals surface area (Å²) in [5, 5.41) is 3.25. The summed E-state index contributed by atoms with van der Waals surface area (Å²) in [6.45, 7) is 8.69. The minimum atomic E-state index is 0.298. The smallest absolute Gasteiger partial charge is 0.129 e. The molecule has 0 fully saturated rings. The number of rotatable bonds is 7. The highest BCUT2D eigenvalue weighted by atomic mass is 16.5. The summed E-state index contributed by atoms with van der Waals surface area (Å²) in [6.07, 6.45) is 3.12. The van der Waals surface area contributed by atoms with Gasteiger partial charge in [0, 0.05) is 12.1 Å². The van der Waals surface area contributed by atoms with Crippen LogP contribution in [0.5, 0.6) is 0 Å². The van der Waals surface area contributed by atoms with Gasteiger partial charge >= 0.3 is 0 Å². The van der Waals surface area contributed by atoms with Crippen molar-refractivity contribution in [2.24, 2.45) is 0 Å². The van der Waals surface area contributed by atoms with Crippen LogP contribution in [-0.4, -0.2) is 12.6 Å². The summed E-state index contributed by atoms with van der Waals surface area (Å²) < 4.78 is 11.0. The van der Waals surface area contributed by atoms with Crippen LogP contribution in [0.4, 0.5) is 0 Å². The summed E-state index contributed by atoms with van der Waals surface area (Å²) >= 11 is 0. The fourth-order valence-electron chi connectivity index (χ4n) is 1.21. The number of nitrogens with one attached hydrogen (secondary N) is 1. The fourth-order valence-corrected chi connectivity index (χ4v) is 1.21. The largest absolute Gasteiger partial charge is 0.467 e. The second-order valence-electron chi connectivity index (χ2n) is 3.73. The number of hydrogen-bond donors (Lipinski definition) is 1. The first kappa shape index (κ1) is 12.3. The molecule has 0 aromatic carbocycles. The van der Waals surface area contributed by atoms with Gasteiger partial charge in [0.25, 0.3) is 0 Å². The van der Waals surface area contributed by atoms with Gasteiger partial charge in [0.2, 0.25) is 0 Å². The monoisotopic (exact) mass is 211 g/mol. The van der Waals surface area contributed by atoms with Crippen molar-refractivity contribution in [3.8, 4) is 0 Å². The van der Waals surface area contributed by atoms with Crippen LogP contribution in [0.15, 0.2) is 16.7 Å². The maximum absolute atomic E-state index is 5.58. The van der Waals surface area contributed by atoms with Crippen LogP contribution in [0.25, 0.3) is 0 Å². The van der Waals surface area contributed by atoms with Crippen LogP contribution < -0.4 is 5.32 Å². The molecular weight excluding hydrogens is 190 g/mol. The van der Waals surface area contributed by atoms with Crippen molar-refractivity contribution in [1.82, 2.24) is 5.32 Å². The Morgan fingerprint density at radius 3 is 2.93 bits per heavy atom. The lowest BCUT2D eigenvalue weighted by Gasteiger charge is -2.07. The van der Waals surface area contributed by atoms with Gasteiger partial charge in [0.1, 0.15) is 12.4 Å². The summed E-state index contributed by atoms with van der Waals surface area (Å²) in [5.41, 5.74) is 1.18. The van der Waals surface area contributed by atoms with E-state index in [0.29, 0.717) is 12.7 Å². The molecule has 3 heteroatoms. The molecule has 3 nitrogen and oxygen atoms in total. The Bertz CT molecular complexity index is 270. The molecule has 1 rings (SSSR count). The molecular formula is C12H21NO2. The van der Waals surface area contributed by atoms with Crippen LogP contribution in [0.2, 0.25) is 0 Å². The molecule has 0 bridgehead atoms. The van der Waals surface area contributed by atoms with Gasteiger partial charge < -0.3 is 14.5 Å². The molecule has 0 amide bonds. The Morgan fingerprint density at radius 1 is 1.47 bits per heavy atom. The highest BCUT2D eigenvalue weighted by molar-refractivity contribution is 5.11. The average Bonchev–Trinajstić information content (AvgIpc) is 2.71. The lowest BCUT2D eigenvalue weighted by Crippen LogP contribution is -2.10. The molecule has 0 aliphatic rings. The predicted molar refractivity (Wildman–Crippen MR) is 60.6 cm³/mol. The Hall–Kier alpha value is -0.800. The third kappa shape index (κ3) is 4.49. The van der Waals surface area contributed by atoms with Gasteiger partial charge in [0.05, 0.1) is 12.4 Å². The zero-order chi connectivity index (χ0) is 11.1. The van der Waals surface area contributed by atoms with E-state index in [1.165, 1.54) is 5.56 Å². The van der Waals surface area contributed by atoms with Crippen molar-refractivity contribution < 1.29 is 9.15 Å². The number of furan rings is 1. The van der Waals surface area contributed by atoms with Crippen molar-refractivity contribution in [2.45, 2.75) is 46.4 Å².